The summed E-state index contributed by atoms with van der Waals surface area (Å²) in [5.74, 6) is 3.08. The van der Waals surface area contributed by atoms with Gasteiger partial charge in [0.1, 0.15) is 5.58 Å². The van der Waals surface area contributed by atoms with Crippen molar-refractivity contribution < 1.29 is 8.94 Å². The highest BCUT2D eigenvalue weighted by molar-refractivity contribution is 5.82. The first-order chi connectivity index (χ1) is 10.7. The van der Waals surface area contributed by atoms with Gasteiger partial charge in [0, 0.05) is 11.8 Å². The number of fused-ring (bicyclic) bond motifs is 1. The van der Waals surface area contributed by atoms with Crippen molar-refractivity contribution in [2.75, 3.05) is 13.1 Å². The topological polar surface area (TPSA) is 64.1 Å². The number of nitrogens with zero attached hydrogens (tertiary/aromatic N) is 2. The molecule has 0 unspecified atom stereocenters. The average Bonchev–Trinajstić information content (AvgIpc) is 3.19. The lowest BCUT2D eigenvalue weighted by atomic mass is 9.95. The van der Waals surface area contributed by atoms with Gasteiger partial charge in [-0.1, -0.05) is 23.7 Å². The average molecular weight is 297 g/mol. The van der Waals surface area contributed by atoms with Crippen LogP contribution in [0.1, 0.15) is 18.4 Å². The molecule has 1 N–H and O–H groups in total. The maximum Gasteiger partial charge on any atom is 0.238 e. The Bertz CT molecular complexity index is 805. The fraction of sp³-hybridized carbons (Fsp3) is 0.412. The van der Waals surface area contributed by atoms with Gasteiger partial charge in [-0.05, 0) is 50.0 Å². The van der Waals surface area contributed by atoms with Crippen molar-refractivity contribution >= 4 is 11.0 Å². The standard InChI is InChI=1S/C17H19N3O2/c1-10-3-4-14-12(5-10)6-15(21-14)17-19-16(22-20-17)7-13-9-18-8-11(13)2/h3-6,11,13,18H,7-9H2,1-2H3/t11-,13-/m1/s1. The molecule has 1 aliphatic rings. The van der Waals surface area contributed by atoms with Gasteiger partial charge >= 0.3 is 0 Å². The Labute approximate surface area is 128 Å². The van der Waals surface area contributed by atoms with Crippen LogP contribution < -0.4 is 5.32 Å². The number of furan rings is 1. The van der Waals surface area contributed by atoms with Crippen LogP contribution in [0.5, 0.6) is 0 Å². The summed E-state index contributed by atoms with van der Waals surface area (Å²) in [5.41, 5.74) is 2.05. The van der Waals surface area contributed by atoms with Crippen LogP contribution in [0.3, 0.4) is 0 Å². The molecule has 0 spiro atoms. The molecule has 0 saturated carbocycles. The quantitative estimate of drug-likeness (QED) is 0.804. The predicted octanol–water partition coefficient (Wildman–Crippen LogP) is 3.19. The van der Waals surface area contributed by atoms with Crippen LogP contribution in [0.2, 0.25) is 0 Å². The van der Waals surface area contributed by atoms with Gasteiger partial charge in [0.25, 0.3) is 0 Å². The van der Waals surface area contributed by atoms with Gasteiger partial charge in [0.15, 0.2) is 5.76 Å². The van der Waals surface area contributed by atoms with Crippen LogP contribution >= 0.6 is 0 Å². The summed E-state index contributed by atoms with van der Waals surface area (Å²) < 4.78 is 11.2. The van der Waals surface area contributed by atoms with E-state index in [2.05, 4.69) is 35.4 Å². The van der Waals surface area contributed by atoms with Crippen LogP contribution in [0.25, 0.3) is 22.6 Å². The molecule has 4 rings (SSSR count). The van der Waals surface area contributed by atoms with Crippen LogP contribution in [-0.4, -0.2) is 23.2 Å². The monoisotopic (exact) mass is 297 g/mol. The highest BCUT2D eigenvalue weighted by Gasteiger charge is 2.25. The number of nitrogens with one attached hydrogen (secondary N) is 1. The van der Waals surface area contributed by atoms with E-state index in [0.29, 0.717) is 29.3 Å². The maximum atomic E-state index is 5.82. The third-order valence-electron chi connectivity index (χ3n) is 4.47. The molecule has 5 heteroatoms. The first-order valence-electron chi connectivity index (χ1n) is 7.73. The minimum Gasteiger partial charge on any atom is -0.453 e. The maximum absolute atomic E-state index is 5.82. The van der Waals surface area contributed by atoms with Crippen LogP contribution in [0, 0.1) is 18.8 Å². The molecule has 1 saturated heterocycles. The van der Waals surface area contributed by atoms with Gasteiger partial charge in [0.2, 0.25) is 11.7 Å². The van der Waals surface area contributed by atoms with E-state index in [1.165, 1.54) is 5.56 Å². The molecule has 114 valence electrons. The summed E-state index contributed by atoms with van der Waals surface area (Å²) in [6, 6.07) is 8.07. The zero-order valence-electron chi connectivity index (χ0n) is 12.8. The molecule has 1 aromatic carbocycles. The van der Waals surface area contributed by atoms with Gasteiger partial charge in [0.05, 0.1) is 0 Å². The van der Waals surface area contributed by atoms with Crippen LogP contribution in [0.4, 0.5) is 0 Å². The molecule has 0 amide bonds. The SMILES string of the molecule is Cc1ccc2oc(-c3noc(C[C@@H]4CNC[C@H]4C)n3)cc2c1. The normalized spacial score (nSPS) is 21.7. The largest absolute Gasteiger partial charge is 0.453 e. The van der Waals surface area contributed by atoms with Crippen LogP contribution in [0.15, 0.2) is 33.2 Å². The summed E-state index contributed by atoms with van der Waals surface area (Å²) >= 11 is 0. The second-order valence-electron chi connectivity index (χ2n) is 6.26. The van der Waals surface area contributed by atoms with Gasteiger partial charge in [-0.15, -0.1) is 0 Å². The smallest absolute Gasteiger partial charge is 0.238 e. The molecule has 22 heavy (non-hydrogen) atoms. The van der Waals surface area contributed by atoms with Crippen molar-refractivity contribution in [3.63, 3.8) is 0 Å². The van der Waals surface area contributed by atoms with E-state index in [1.807, 2.05) is 18.2 Å². The molecule has 1 fully saturated rings. The number of hydrogen-bond donors (Lipinski definition) is 1. The highest BCUT2D eigenvalue weighted by Crippen LogP contribution is 2.27. The lowest BCUT2D eigenvalue weighted by Gasteiger charge is -2.09. The first kappa shape index (κ1) is 13.5. The van der Waals surface area contributed by atoms with E-state index < -0.39 is 0 Å². The summed E-state index contributed by atoms with van der Waals surface area (Å²) in [5, 5.41) is 8.53. The Morgan fingerprint density at radius 1 is 1.27 bits per heavy atom. The molecule has 2 atom stereocenters. The highest BCUT2D eigenvalue weighted by atomic mass is 16.5. The van der Waals surface area contributed by atoms with Gasteiger partial charge in [-0.25, -0.2) is 0 Å². The third kappa shape index (κ3) is 2.41. The van der Waals surface area contributed by atoms with E-state index in [1.54, 1.807) is 0 Å². The molecular weight excluding hydrogens is 278 g/mol. The van der Waals surface area contributed by atoms with Crippen molar-refractivity contribution in [1.29, 1.82) is 0 Å². The van der Waals surface area contributed by atoms with E-state index in [0.717, 1.165) is 30.5 Å². The van der Waals surface area contributed by atoms with Gasteiger partial charge in [-0.3, -0.25) is 0 Å². The number of hydrogen-bond acceptors (Lipinski definition) is 5. The molecule has 0 radical (unpaired) electrons. The zero-order valence-corrected chi connectivity index (χ0v) is 12.8. The Balaban J connectivity index is 1.59. The van der Waals surface area contributed by atoms with Gasteiger partial charge in [-0.2, -0.15) is 4.98 Å². The number of rotatable bonds is 3. The Hall–Kier alpha value is -2.14. The first-order valence-corrected chi connectivity index (χ1v) is 7.73. The molecule has 3 heterocycles. The van der Waals surface area contributed by atoms with E-state index in [4.69, 9.17) is 8.94 Å². The Kier molecular flexibility index (Phi) is 3.22. The van der Waals surface area contributed by atoms with Gasteiger partial charge < -0.3 is 14.3 Å². The summed E-state index contributed by atoms with van der Waals surface area (Å²) in [6.07, 6.45) is 0.820. The Morgan fingerprint density at radius 3 is 3.00 bits per heavy atom. The molecule has 3 aromatic rings. The fourth-order valence-corrected chi connectivity index (χ4v) is 3.07. The number of aromatic nitrogens is 2. The van der Waals surface area contributed by atoms with Crippen LogP contribution in [-0.2, 0) is 6.42 Å². The number of aryl methyl sites for hydroxylation is 1. The van der Waals surface area contributed by atoms with Crippen molar-refractivity contribution in [2.45, 2.75) is 20.3 Å². The van der Waals surface area contributed by atoms with E-state index >= 15 is 0 Å². The molecule has 0 bridgehead atoms. The summed E-state index contributed by atoms with van der Waals surface area (Å²) in [7, 11) is 0. The minimum atomic E-state index is 0.530. The van der Waals surface area contributed by atoms with E-state index in [9.17, 15) is 0 Å². The zero-order chi connectivity index (χ0) is 15.1. The summed E-state index contributed by atoms with van der Waals surface area (Å²) in [4.78, 5) is 4.50. The molecular formula is C17H19N3O2. The summed E-state index contributed by atoms with van der Waals surface area (Å²) in [6.45, 7) is 6.40. The molecule has 2 aromatic heterocycles. The third-order valence-corrected chi connectivity index (χ3v) is 4.47. The molecule has 0 aliphatic carbocycles. The van der Waals surface area contributed by atoms with Crippen molar-refractivity contribution in [3.8, 4) is 11.6 Å². The van der Waals surface area contributed by atoms with Crippen molar-refractivity contribution in [3.05, 3.63) is 35.7 Å². The van der Waals surface area contributed by atoms with Crippen molar-refractivity contribution in [2.24, 2.45) is 11.8 Å². The Morgan fingerprint density at radius 2 is 2.18 bits per heavy atom. The molecule has 1 aliphatic heterocycles. The predicted molar refractivity (Wildman–Crippen MR) is 83.5 cm³/mol. The lowest BCUT2D eigenvalue weighted by molar-refractivity contribution is 0.337. The second-order valence-corrected chi connectivity index (χ2v) is 6.26. The number of benzene rings is 1. The second kappa shape index (κ2) is 5.25. The lowest BCUT2D eigenvalue weighted by Crippen LogP contribution is -2.13. The fourth-order valence-electron chi connectivity index (χ4n) is 3.07. The molecule has 5 nitrogen and oxygen atoms in total. The van der Waals surface area contributed by atoms with E-state index in [-0.39, 0.29) is 0 Å². The van der Waals surface area contributed by atoms with Crippen molar-refractivity contribution in [1.82, 2.24) is 15.5 Å². The minimum absolute atomic E-state index is 0.530.